The smallest absolute Gasteiger partial charge is 0.126 e. The molecule has 0 saturated carbocycles. The summed E-state index contributed by atoms with van der Waals surface area (Å²) < 4.78 is 26.2. The van der Waals surface area contributed by atoms with Crippen molar-refractivity contribution in [2.75, 3.05) is 6.54 Å². The Morgan fingerprint density at radius 2 is 1.95 bits per heavy atom. The highest BCUT2D eigenvalue weighted by Crippen LogP contribution is 2.23. The van der Waals surface area contributed by atoms with Crippen LogP contribution in [0.5, 0.6) is 0 Å². The molecule has 0 fully saturated rings. The van der Waals surface area contributed by atoms with Crippen LogP contribution in [0.4, 0.5) is 8.78 Å². The minimum Gasteiger partial charge on any atom is -0.310 e. The fraction of sp³-hybridized carbons (Fsp3) is 0.357. The van der Waals surface area contributed by atoms with Gasteiger partial charge in [-0.05, 0) is 31.2 Å². The number of halogens is 2. The zero-order valence-corrected chi connectivity index (χ0v) is 11.7. The lowest BCUT2D eigenvalue weighted by Gasteiger charge is -2.08. The van der Waals surface area contributed by atoms with Gasteiger partial charge in [0.05, 0.1) is 5.01 Å². The lowest BCUT2D eigenvalue weighted by Crippen LogP contribution is -2.16. The highest BCUT2D eigenvalue weighted by molar-refractivity contribution is 7.11. The van der Waals surface area contributed by atoms with Gasteiger partial charge in [0.1, 0.15) is 11.6 Å². The number of benzene rings is 1. The maximum absolute atomic E-state index is 13.1. The van der Waals surface area contributed by atoms with Crippen molar-refractivity contribution in [3.63, 3.8) is 0 Å². The van der Waals surface area contributed by atoms with Crippen molar-refractivity contribution >= 4 is 11.3 Å². The van der Waals surface area contributed by atoms with E-state index >= 15 is 0 Å². The molecule has 0 radical (unpaired) electrons. The summed E-state index contributed by atoms with van der Waals surface area (Å²) in [4.78, 5) is 5.44. The Bertz CT molecular complexity index is 534. The van der Waals surface area contributed by atoms with Gasteiger partial charge in [-0.15, -0.1) is 11.3 Å². The average molecular weight is 282 g/mol. The molecule has 1 N–H and O–H groups in total. The van der Waals surface area contributed by atoms with E-state index in [-0.39, 0.29) is 6.04 Å². The number of nitrogens with one attached hydrogen (secondary N) is 1. The van der Waals surface area contributed by atoms with Crippen molar-refractivity contribution in [1.29, 1.82) is 0 Å². The molecule has 0 bridgehead atoms. The third-order valence-electron chi connectivity index (χ3n) is 2.79. The topological polar surface area (TPSA) is 24.9 Å². The van der Waals surface area contributed by atoms with Crippen LogP contribution >= 0.6 is 11.3 Å². The molecule has 0 aliphatic rings. The standard InChI is InChI=1S/C14H16F2N2S/c1-3-17-9(2)13-8-18-14(19-13)6-10-4-11(15)7-12(16)5-10/h4-5,7-9,17H,3,6H2,1-2H3. The van der Waals surface area contributed by atoms with Gasteiger partial charge in [-0.1, -0.05) is 6.92 Å². The lowest BCUT2D eigenvalue weighted by atomic mass is 10.1. The van der Waals surface area contributed by atoms with Crippen LogP contribution in [-0.2, 0) is 6.42 Å². The number of thiazole rings is 1. The maximum atomic E-state index is 13.1. The summed E-state index contributed by atoms with van der Waals surface area (Å²) in [6.45, 7) is 5.01. The molecule has 1 atom stereocenters. The summed E-state index contributed by atoms with van der Waals surface area (Å²) in [6, 6.07) is 3.82. The van der Waals surface area contributed by atoms with Crippen molar-refractivity contribution < 1.29 is 8.78 Å². The van der Waals surface area contributed by atoms with E-state index in [0.29, 0.717) is 12.0 Å². The molecular formula is C14H16F2N2S. The summed E-state index contributed by atoms with van der Waals surface area (Å²) in [5.41, 5.74) is 0.606. The van der Waals surface area contributed by atoms with Crippen LogP contribution in [0.15, 0.2) is 24.4 Å². The summed E-state index contributed by atoms with van der Waals surface area (Å²) in [6.07, 6.45) is 2.28. The molecule has 0 spiro atoms. The summed E-state index contributed by atoms with van der Waals surface area (Å²) in [5, 5.41) is 4.17. The molecular weight excluding hydrogens is 266 g/mol. The first-order chi connectivity index (χ1) is 9.08. The number of nitrogens with zero attached hydrogens (tertiary/aromatic N) is 1. The minimum absolute atomic E-state index is 0.250. The second-order valence-electron chi connectivity index (χ2n) is 4.39. The van der Waals surface area contributed by atoms with E-state index in [1.54, 1.807) is 11.3 Å². The molecule has 0 aliphatic carbocycles. The van der Waals surface area contributed by atoms with E-state index in [1.807, 2.05) is 13.1 Å². The summed E-state index contributed by atoms with van der Waals surface area (Å²) in [5.74, 6) is -1.10. The Hall–Kier alpha value is -1.33. The lowest BCUT2D eigenvalue weighted by molar-refractivity contribution is 0.580. The van der Waals surface area contributed by atoms with Crippen LogP contribution in [0, 0.1) is 11.6 Å². The van der Waals surface area contributed by atoms with Gasteiger partial charge < -0.3 is 5.32 Å². The van der Waals surface area contributed by atoms with Crippen molar-refractivity contribution in [3.8, 4) is 0 Å². The third kappa shape index (κ3) is 3.81. The Labute approximate surface area is 115 Å². The van der Waals surface area contributed by atoms with Gasteiger partial charge in [0.15, 0.2) is 0 Å². The van der Waals surface area contributed by atoms with Gasteiger partial charge in [0.25, 0.3) is 0 Å². The first kappa shape index (κ1) is 14.1. The second kappa shape index (κ2) is 6.21. The van der Waals surface area contributed by atoms with E-state index in [0.717, 1.165) is 22.5 Å². The van der Waals surface area contributed by atoms with Crippen molar-refractivity contribution in [3.05, 3.63) is 51.5 Å². The fourth-order valence-corrected chi connectivity index (χ4v) is 2.88. The van der Waals surface area contributed by atoms with Gasteiger partial charge in [-0.2, -0.15) is 0 Å². The van der Waals surface area contributed by atoms with Gasteiger partial charge in [0.2, 0.25) is 0 Å². The largest absolute Gasteiger partial charge is 0.310 e. The Morgan fingerprint density at radius 3 is 2.58 bits per heavy atom. The molecule has 1 aromatic carbocycles. The maximum Gasteiger partial charge on any atom is 0.126 e. The number of hydrogen-bond donors (Lipinski definition) is 1. The van der Waals surface area contributed by atoms with E-state index in [1.165, 1.54) is 12.1 Å². The predicted molar refractivity (Wildman–Crippen MR) is 73.4 cm³/mol. The first-order valence-electron chi connectivity index (χ1n) is 6.21. The average Bonchev–Trinajstić information content (AvgIpc) is 2.76. The van der Waals surface area contributed by atoms with Crippen LogP contribution in [0.3, 0.4) is 0 Å². The van der Waals surface area contributed by atoms with Gasteiger partial charge in [-0.3, -0.25) is 0 Å². The van der Waals surface area contributed by atoms with Crippen LogP contribution in [0.2, 0.25) is 0 Å². The fourth-order valence-electron chi connectivity index (χ4n) is 1.90. The monoisotopic (exact) mass is 282 g/mol. The number of aromatic nitrogens is 1. The zero-order chi connectivity index (χ0) is 13.8. The molecule has 1 aromatic heterocycles. The highest BCUT2D eigenvalue weighted by Gasteiger charge is 2.10. The molecule has 102 valence electrons. The predicted octanol–water partition coefficient (Wildman–Crippen LogP) is 3.68. The normalized spacial score (nSPS) is 12.6. The van der Waals surface area contributed by atoms with Crippen molar-refractivity contribution in [2.24, 2.45) is 0 Å². The highest BCUT2D eigenvalue weighted by atomic mass is 32.1. The van der Waals surface area contributed by atoms with Gasteiger partial charge in [0, 0.05) is 29.6 Å². The summed E-state index contributed by atoms with van der Waals surface area (Å²) >= 11 is 1.57. The number of hydrogen-bond acceptors (Lipinski definition) is 3. The third-order valence-corrected chi connectivity index (χ3v) is 3.97. The van der Waals surface area contributed by atoms with E-state index in [4.69, 9.17) is 0 Å². The van der Waals surface area contributed by atoms with E-state index < -0.39 is 11.6 Å². The molecule has 2 rings (SSSR count). The van der Waals surface area contributed by atoms with Gasteiger partial charge >= 0.3 is 0 Å². The quantitative estimate of drug-likeness (QED) is 0.905. The molecule has 19 heavy (non-hydrogen) atoms. The first-order valence-corrected chi connectivity index (χ1v) is 7.03. The minimum atomic E-state index is -0.548. The molecule has 1 unspecified atom stereocenters. The van der Waals surface area contributed by atoms with Crippen LogP contribution in [0.25, 0.3) is 0 Å². The molecule has 5 heteroatoms. The number of rotatable bonds is 5. The van der Waals surface area contributed by atoms with E-state index in [9.17, 15) is 8.78 Å². The van der Waals surface area contributed by atoms with Crippen molar-refractivity contribution in [2.45, 2.75) is 26.3 Å². The van der Waals surface area contributed by atoms with Crippen LogP contribution in [0.1, 0.15) is 35.3 Å². The molecule has 2 aromatic rings. The van der Waals surface area contributed by atoms with Crippen LogP contribution in [-0.4, -0.2) is 11.5 Å². The Morgan fingerprint density at radius 1 is 1.26 bits per heavy atom. The molecule has 2 nitrogen and oxygen atoms in total. The Kier molecular flexibility index (Phi) is 4.61. The molecule has 0 saturated heterocycles. The summed E-state index contributed by atoms with van der Waals surface area (Å²) in [7, 11) is 0. The molecule has 0 aliphatic heterocycles. The Balaban J connectivity index is 2.11. The zero-order valence-electron chi connectivity index (χ0n) is 10.9. The SMILES string of the molecule is CCNC(C)c1cnc(Cc2cc(F)cc(F)c2)s1. The second-order valence-corrected chi connectivity index (χ2v) is 5.54. The van der Waals surface area contributed by atoms with Crippen molar-refractivity contribution in [1.82, 2.24) is 10.3 Å². The van der Waals surface area contributed by atoms with Crippen LogP contribution < -0.4 is 5.32 Å². The molecule has 1 heterocycles. The van der Waals surface area contributed by atoms with Gasteiger partial charge in [-0.25, -0.2) is 13.8 Å². The van der Waals surface area contributed by atoms with E-state index in [2.05, 4.69) is 17.2 Å². The molecule has 0 amide bonds.